The minimum absolute atomic E-state index is 0.241. The zero-order valence-corrected chi connectivity index (χ0v) is 8.20. The first-order valence-corrected chi connectivity index (χ1v) is 5.03. The van der Waals surface area contributed by atoms with Crippen molar-refractivity contribution in [2.45, 2.75) is 18.4 Å². The summed E-state index contributed by atoms with van der Waals surface area (Å²) in [4.78, 5) is 4.05. The van der Waals surface area contributed by atoms with Crippen molar-refractivity contribution in [3.63, 3.8) is 0 Å². The lowest BCUT2D eigenvalue weighted by Gasteiger charge is -2.12. The number of para-hydroxylation sites is 1. The lowest BCUT2D eigenvalue weighted by molar-refractivity contribution is 0.636. The van der Waals surface area contributed by atoms with Crippen molar-refractivity contribution >= 4 is 10.9 Å². The summed E-state index contributed by atoms with van der Waals surface area (Å²) in [6.45, 7) is 0. The summed E-state index contributed by atoms with van der Waals surface area (Å²) >= 11 is 0. The third kappa shape index (κ3) is 1.23. The summed E-state index contributed by atoms with van der Waals surface area (Å²) in [6.07, 6.45) is 3.58. The van der Waals surface area contributed by atoms with Crippen molar-refractivity contribution in [1.82, 2.24) is 4.98 Å². The average molecular weight is 202 g/mol. The Morgan fingerprint density at radius 2 is 2.07 bits per heavy atom. The largest absolute Gasteiger partial charge is 0.321 e. The molecule has 2 aromatic rings. The van der Waals surface area contributed by atoms with Gasteiger partial charge in [-0.2, -0.15) is 0 Å². The van der Waals surface area contributed by atoms with Gasteiger partial charge in [-0.25, -0.2) is 4.39 Å². The summed E-state index contributed by atoms with van der Waals surface area (Å²) < 4.78 is 13.5. The van der Waals surface area contributed by atoms with Gasteiger partial charge >= 0.3 is 0 Å². The van der Waals surface area contributed by atoms with Crippen LogP contribution >= 0.6 is 0 Å². The number of benzene rings is 1. The minimum atomic E-state index is -0.279. The molecule has 1 aromatic heterocycles. The van der Waals surface area contributed by atoms with Gasteiger partial charge in [0.2, 0.25) is 0 Å². The molecule has 0 unspecified atom stereocenters. The predicted octanol–water partition coefficient (Wildman–Crippen LogP) is 2.32. The molecule has 1 saturated carbocycles. The Morgan fingerprint density at radius 1 is 1.27 bits per heavy atom. The van der Waals surface area contributed by atoms with Gasteiger partial charge in [-0.1, -0.05) is 12.1 Å². The number of hydrogen-bond acceptors (Lipinski definition) is 2. The van der Waals surface area contributed by atoms with Gasteiger partial charge in [0.05, 0.1) is 0 Å². The first kappa shape index (κ1) is 8.80. The number of nitrogens with two attached hydrogens (primary N) is 1. The molecule has 0 radical (unpaired) electrons. The van der Waals surface area contributed by atoms with E-state index in [0.29, 0.717) is 5.52 Å². The molecule has 1 aromatic carbocycles. The highest BCUT2D eigenvalue weighted by Gasteiger charge is 2.41. The fourth-order valence-electron chi connectivity index (χ4n) is 1.98. The lowest BCUT2D eigenvalue weighted by atomic mass is 10.0. The van der Waals surface area contributed by atoms with E-state index in [1.165, 1.54) is 6.07 Å². The number of halogens is 1. The maximum Gasteiger partial charge on any atom is 0.149 e. The van der Waals surface area contributed by atoms with E-state index in [4.69, 9.17) is 5.73 Å². The predicted molar refractivity (Wildman–Crippen MR) is 56.8 cm³/mol. The molecule has 2 nitrogen and oxygen atoms in total. The van der Waals surface area contributed by atoms with E-state index in [0.717, 1.165) is 23.8 Å². The summed E-state index contributed by atoms with van der Waals surface area (Å²) in [5, 5.41) is 0.845. The van der Waals surface area contributed by atoms with Crippen molar-refractivity contribution in [3.8, 4) is 0 Å². The number of pyridine rings is 1. The van der Waals surface area contributed by atoms with Gasteiger partial charge in [0.1, 0.15) is 11.3 Å². The molecule has 76 valence electrons. The Labute approximate surface area is 86.9 Å². The Balaban J connectivity index is 2.36. The second kappa shape index (κ2) is 2.76. The zero-order chi connectivity index (χ0) is 10.5. The second-order valence-electron chi connectivity index (χ2n) is 4.15. The number of aromatic nitrogens is 1. The van der Waals surface area contributed by atoms with Gasteiger partial charge in [0, 0.05) is 17.1 Å². The zero-order valence-electron chi connectivity index (χ0n) is 8.20. The van der Waals surface area contributed by atoms with Gasteiger partial charge in [0.25, 0.3) is 0 Å². The maximum atomic E-state index is 13.5. The average Bonchev–Trinajstić information content (AvgIpc) is 2.98. The van der Waals surface area contributed by atoms with E-state index < -0.39 is 0 Å². The van der Waals surface area contributed by atoms with Crippen LogP contribution in [-0.2, 0) is 5.54 Å². The number of rotatable bonds is 1. The van der Waals surface area contributed by atoms with E-state index in [-0.39, 0.29) is 11.4 Å². The van der Waals surface area contributed by atoms with Gasteiger partial charge in [0.15, 0.2) is 0 Å². The fourth-order valence-corrected chi connectivity index (χ4v) is 1.98. The van der Waals surface area contributed by atoms with Crippen LogP contribution < -0.4 is 5.73 Å². The molecule has 1 heterocycles. The fraction of sp³-hybridized carbons (Fsp3) is 0.250. The van der Waals surface area contributed by atoms with Crippen LogP contribution in [0, 0.1) is 5.82 Å². The van der Waals surface area contributed by atoms with E-state index in [9.17, 15) is 4.39 Å². The van der Waals surface area contributed by atoms with E-state index in [1.54, 1.807) is 12.3 Å². The molecule has 1 aliphatic rings. The molecule has 2 N–H and O–H groups in total. The molecular weight excluding hydrogens is 191 g/mol. The first-order valence-electron chi connectivity index (χ1n) is 5.03. The van der Waals surface area contributed by atoms with Gasteiger partial charge in [-0.15, -0.1) is 0 Å². The van der Waals surface area contributed by atoms with Crippen molar-refractivity contribution < 1.29 is 4.39 Å². The highest BCUT2D eigenvalue weighted by Crippen LogP contribution is 2.45. The molecule has 3 rings (SSSR count). The SMILES string of the molecule is NC1(c2ccnc3c(F)cccc23)CC1. The van der Waals surface area contributed by atoms with Crippen LogP contribution in [0.15, 0.2) is 30.5 Å². The molecule has 1 fully saturated rings. The molecule has 0 bridgehead atoms. The lowest BCUT2D eigenvalue weighted by Crippen LogP contribution is -2.19. The normalized spacial score (nSPS) is 18.0. The van der Waals surface area contributed by atoms with Crippen molar-refractivity contribution in [2.75, 3.05) is 0 Å². The molecule has 0 atom stereocenters. The van der Waals surface area contributed by atoms with Crippen molar-refractivity contribution in [1.29, 1.82) is 0 Å². The van der Waals surface area contributed by atoms with E-state index >= 15 is 0 Å². The molecule has 3 heteroatoms. The highest BCUT2D eigenvalue weighted by atomic mass is 19.1. The Bertz CT molecular complexity index is 532. The van der Waals surface area contributed by atoms with E-state index in [1.807, 2.05) is 12.1 Å². The van der Waals surface area contributed by atoms with Crippen LogP contribution in [0.1, 0.15) is 18.4 Å². The minimum Gasteiger partial charge on any atom is -0.321 e. The summed E-state index contributed by atoms with van der Waals surface area (Å²) in [5.74, 6) is -0.279. The highest BCUT2D eigenvalue weighted by molar-refractivity contribution is 5.83. The maximum absolute atomic E-state index is 13.5. The summed E-state index contributed by atoms with van der Waals surface area (Å²) in [6, 6.07) is 6.91. The summed E-state index contributed by atoms with van der Waals surface area (Å²) in [5.41, 5.74) is 7.34. The Hall–Kier alpha value is -1.48. The Kier molecular flexibility index (Phi) is 1.62. The van der Waals surface area contributed by atoms with E-state index in [2.05, 4.69) is 4.98 Å². The molecule has 15 heavy (non-hydrogen) atoms. The number of hydrogen-bond donors (Lipinski definition) is 1. The topological polar surface area (TPSA) is 38.9 Å². The van der Waals surface area contributed by atoms with Crippen molar-refractivity contribution in [3.05, 3.63) is 41.8 Å². The Morgan fingerprint density at radius 3 is 2.80 bits per heavy atom. The van der Waals surface area contributed by atoms with Crippen LogP contribution in [-0.4, -0.2) is 4.98 Å². The van der Waals surface area contributed by atoms with Gasteiger partial charge < -0.3 is 5.73 Å². The monoisotopic (exact) mass is 202 g/mol. The smallest absolute Gasteiger partial charge is 0.149 e. The standard InChI is InChI=1S/C12H11FN2/c13-10-3-1-2-8-9(12(14)5-6-12)4-7-15-11(8)10/h1-4,7H,5-6,14H2. The van der Waals surface area contributed by atoms with Crippen LogP contribution in [0.3, 0.4) is 0 Å². The number of fused-ring (bicyclic) bond motifs is 1. The van der Waals surface area contributed by atoms with Crippen LogP contribution in [0.25, 0.3) is 10.9 Å². The second-order valence-corrected chi connectivity index (χ2v) is 4.15. The van der Waals surface area contributed by atoms with Crippen molar-refractivity contribution in [2.24, 2.45) is 5.73 Å². The summed E-state index contributed by atoms with van der Waals surface area (Å²) in [7, 11) is 0. The van der Waals surface area contributed by atoms with Crippen LogP contribution in [0.2, 0.25) is 0 Å². The van der Waals surface area contributed by atoms with Gasteiger partial charge in [-0.3, -0.25) is 4.98 Å². The molecule has 0 spiro atoms. The molecule has 0 amide bonds. The quantitative estimate of drug-likeness (QED) is 0.770. The van der Waals surface area contributed by atoms with Crippen LogP contribution in [0.4, 0.5) is 4.39 Å². The molecule has 0 saturated heterocycles. The number of nitrogens with zero attached hydrogens (tertiary/aromatic N) is 1. The molecule has 1 aliphatic carbocycles. The third-order valence-electron chi connectivity index (χ3n) is 3.05. The molecular formula is C12H11FN2. The van der Waals surface area contributed by atoms with Gasteiger partial charge in [-0.05, 0) is 30.5 Å². The van der Waals surface area contributed by atoms with Crippen LogP contribution in [0.5, 0.6) is 0 Å². The molecule has 0 aliphatic heterocycles. The third-order valence-corrected chi connectivity index (χ3v) is 3.05. The first-order chi connectivity index (χ1) is 7.21.